The molecule has 2 aromatic carbocycles. The van der Waals surface area contributed by atoms with E-state index in [-0.39, 0.29) is 20.8 Å². The van der Waals surface area contributed by atoms with Gasteiger partial charge in [0.2, 0.25) is 15.9 Å². The fourth-order valence-corrected chi connectivity index (χ4v) is 3.91. The zero-order valence-electron chi connectivity index (χ0n) is 14.1. The van der Waals surface area contributed by atoms with Crippen LogP contribution in [0.25, 0.3) is 0 Å². The Hall–Kier alpha value is -1.47. The lowest BCUT2D eigenvalue weighted by Crippen LogP contribution is -2.37. The van der Waals surface area contributed by atoms with Gasteiger partial charge in [-0.2, -0.15) is 0 Å². The van der Waals surface area contributed by atoms with Crippen LogP contribution in [-0.2, 0) is 21.2 Å². The van der Waals surface area contributed by atoms with Gasteiger partial charge in [0, 0.05) is 5.69 Å². The highest BCUT2D eigenvalue weighted by Gasteiger charge is 2.24. The first-order chi connectivity index (χ1) is 12.1. The molecule has 26 heavy (non-hydrogen) atoms. The second-order valence-electron chi connectivity index (χ2n) is 5.55. The van der Waals surface area contributed by atoms with Crippen LogP contribution in [0.3, 0.4) is 0 Å². The Morgan fingerprint density at radius 3 is 2.31 bits per heavy atom. The number of halogens is 3. The molecule has 1 amide bonds. The van der Waals surface area contributed by atoms with Gasteiger partial charge in [-0.1, -0.05) is 59.9 Å². The molecule has 0 saturated heterocycles. The van der Waals surface area contributed by atoms with Crippen molar-refractivity contribution in [2.75, 3.05) is 22.4 Å². The molecule has 0 atom stereocenters. The third-order valence-electron chi connectivity index (χ3n) is 3.62. The van der Waals surface area contributed by atoms with Gasteiger partial charge in [0.1, 0.15) is 6.54 Å². The lowest BCUT2D eigenvalue weighted by atomic mass is 10.1. The third kappa shape index (κ3) is 5.04. The Labute approximate surface area is 167 Å². The molecule has 0 fully saturated rings. The second kappa shape index (κ2) is 8.48. The van der Waals surface area contributed by atoms with Gasteiger partial charge < -0.3 is 5.32 Å². The topological polar surface area (TPSA) is 66.5 Å². The number of para-hydroxylation sites is 1. The monoisotopic (exact) mass is 434 g/mol. The average Bonchev–Trinajstić information content (AvgIpc) is 2.56. The quantitative estimate of drug-likeness (QED) is 0.674. The number of hydrogen-bond donors (Lipinski definition) is 1. The second-order valence-corrected chi connectivity index (χ2v) is 8.67. The molecule has 2 aromatic rings. The Morgan fingerprint density at radius 2 is 1.69 bits per heavy atom. The van der Waals surface area contributed by atoms with Crippen molar-refractivity contribution in [3.8, 4) is 0 Å². The number of sulfonamides is 1. The van der Waals surface area contributed by atoms with Crippen LogP contribution in [0.1, 0.15) is 12.5 Å². The lowest BCUT2D eigenvalue weighted by molar-refractivity contribution is -0.114. The first kappa shape index (κ1) is 20.8. The van der Waals surface area contributed by atoms with Crippen LogP contribution in [-0.4, -0.2) is 27.1 Å². The van der Waals surface area contributed by atoms with Crippen LogP contribution in [0.4, 0.5) is 11.4 Å². The molecule has 0 unspecified atom stereocenters. The molecule has 140 valence electrons. The first-order valence-electron chi connectivity index (χ1n) is 7.63. The van der Waals surface area contributed by atoms with E-state index in [4.69, 9.17) is 34.8 Å². The summed E-state index contributed by atoms with van der Waals surface area (Å²) in [6, 6.07) is 9.96. The van der Waals surface area contributed by atoms with E-state index in [9.17, 15) is 13.2 Å². The van der Waals surface area contributed by atoms with Crippen LogP contribution in [0.2, 0.25) is 15.1 Å². The number of nitrogens with one attached hydrogen (secondary N) is 1. The number of anilines is 2. The predicted molar refractivity (Wildman–Crippen MR) is 108 cm³/mol. The fraction of sp³-hybridized carbons (Fsp3) is 0.235. The van der Waals surface area contributed by atoms with Crippen molar-refractivity contribution in [1.82, 2.24) is 0 Å². The number of carbonyl (C=O) groups excluding carboxylic acids is 1. The highest BCUT2D eigenvalue weighted by atomic mass is 35.5. The highest BCUT2D eigenvalue weighted by molar-refractivity contribution is 7.92. The van der Waals surface area contributed by atoms with E-state index in [1.165, 1.54) is 12.1 Å². The standard InChI is InChI=1S/C17H17Cl3N2O3S/c1-3-11-6-4-5-7-15(11)21-17(23)10-22(26(2,24)25)16-9-13(19)12(18)8-14(16)20/h4-9H,3,10H2,1-2H3,(H,21,23). The van der Waals surface area contributed by atoms with Gasteiger partial charge in [0.05, 0.1) is 27.0 Å². The van der Waals surface area contributed by atoms with Crippen LogP contribution >= 0.6 is 34.8 Å². The average molecular weight is 436 g/mol. The van der Waals surface area contributed by atoms with E-state index >= 15 is 0 Å². The molecule has 0 bridgehead atoms. The van der Waals surface area contributed by atoms with Gasteiger partial charge >= 0.3 is 0 Å². The van der Waals surface area contributed by atoms with Gasteiger partial charge in [-0.15, -0.1) is 0 Å². The van der Waals surface area contributed by atoms with Crippen LogP contribution < -0.4 is 9.62 Å². The van der Waals surface area contributed by atoms with Crippen molar-refractivity contribution in [2.24, 2.45) is 0 Å². The SMILES string of the molecule is CCc1ccccc1NC(=O)CN(c1cc(Cl)c(Cl)cc1Cl)S(C)(=O)=O. The molecule has 0 aliphatic rings. The smallest absolute Gasteiger partial charge is 0.245 e. The number of hydrogen-bond acceptors (Lipinski definition) is 3. The largest absolute Gasteiger partial charge is 0.324 e. The van der Waals surface area contributed by atoms with E-state index < -0.39 is 22.5 Å². The number of rotatable bonds is 6. The molecule has 2 rings (SSSR count). The minimum atomic E-state index is -3.79. The minimum absolute atomic E-state index is 0.0755. The normalized spacial score (nSPS) is 11.3. The van der Waals surface area contributed by atoms with E-state index in [1.807, 2.05) is 19.1 Å². The predicted octanol–water partition coefficient (Wildman–Crippen LogP) is 4.61. The molecule has 9 heteroatoms. The highest BCUT2D eigenvalue weighted by Crippen LogP contribution is 2.35. The molecule has 0 aliphatic carbocycles. The molecule has 1 N–H and O–H groups in total. The van der Waals surface area contributed by atoms with Gasteiger partial charge in [-0.05, 0) is 30.2 Å². The summed E-state index contributed by atoms with van der Waals surface area (Å²) in [5, 5.41) is 3.13. The Bertz CT molecular complexity index is 933. The lowest BCUT2D eigenvalue weighted by Gasteiger charge is -2.23. The Balaban J connectivity index is 2.32. The summed E-state index contributed by atoms with van der Waals surface area (Å²) in [7, 11) is -3.79. The van der Waals surface area contributed by atoms with Crippen molar-refractivity contribution in [3.63, 3.8) is 0 Å². The van der Waals surface area contributed by atoms with E-state index in [1.54, 1.807) is 12.1 Å². The summed E-state index contributed by atoms with van der Waals surface area (Å²) in [6.07, 6.45) is 1.71. The van der Waals surface area contributed by atoms with Crippen molar-refractivity contribution in [2.45, 2.75) is 13.3 Å². The molecular weight excluding hydrogens is 419 g/mol. The molecule has 5 nitrogen and oxygen atoms in total. The molecule has 0 saturated carbocycles. The maximum Gasteiger partial charge on any atom is 0.245 e. The number of benzene rings is 2. The van der Waals surface area contributed by atoms with E-state index in [0.29, 0.717) is 5.69 Å². The Morgan fingerprint density at radius 1 is 1.08 bits per heavy atom. The third-order valence-corrected chi connectivity index (χ3v) is 5.77. The molecule has 0 aromatic heterocycles. The van der Waals surface area contributed by atoms with E-state index in [2.05, 4.69) is 5.32 Å². The molecular formula is C17H17Cl3N2O3S. The molecule has 0 heterocycles. The van der Waals surface area contributed by atoms with Crippen molar-refractivity contribution in [3.05, 3.63) is 57.0 Å². The number of aryl methyl sites for hydroxylation is 1. The first-order valence-corrected chi connectivity index (χ1v) is 10.6. The molecule has 0 radical (unpaired) electrons. The molecule has 0 spiro atoms. The number of nitrogens with zero attached hydrogens (tertiary/aromatic N) is 1. The zero-order chi connectivity index (χ0) is 19.5. The van der Waals surface area contributed by atoms with Crippen molar-refractivity contribution < 1.29 is 13.2 Å². The van der Waals surface area contributed by atoms with Crippen molar-refractivity contribution in [1.29, 1.82) is 0 Å². The van der Waals surface area contributed by atoms with Gasteiger partial charge in [0.25, 0.3) is 0 Å². The maximum absolute atomic E-state index is 12.5. The Kier molecular flexibility index (Phi) is 6.80. The van der Waals surface area contributed by atoms with Gasteiger partial charge in [-0.25, -0.2) is 8.42 Å². The van der Waals surface area contributed by atoms with E-state index in [0.717, 1.165) is 22.5 Å². The maximum atomic E-state index is 12.5. The van der Waals surface area contributed by atoms with Crippen molar-refractivity contribution >= 4 is 62.1 Å². The summed E-state index contributed by atoms with van der Waals surface area (Å²) < 4.78 is 25.3. The van der Waals surface area contributed by atoms with Crippen LogP contribution in [0.5, 0.6) is 0 Å². The summed E-state index contributed by atoms with van der Waals surface area (Å²) in [5.74, 6) is -0.501. The van der Waals surface area contributed by atoms with Gasteiger partial charge in [-0.3, -0.25) is 9.10 Å². The summed E-state index contributed by atoms with van der Waals surface area (Å²) >= 11 is 18.0. The summed E-state index contributed by atoms with van der Waals surface area (Å²) in [6.45, 7) is 1.51. The summed E-state index contributed by atoms with van der Waals surface area (Å²) in [4.78, 5) is 12.5. The minimum Gasteiger partial charge on any atom is -0.324 e. The number of amides is 1. The van der Waals surface area contributed by atoms with Gasteiger partial charge in [0.15, 0.2) is 0 Å². The molecule has 0 aliphatic heterocycles. The fourth-order valence-electron chi connectivity index (χ4n) is 2.35. The van der Waals surface area contributed by atoms with Crippen LogP contribution in [0.15, 0.2) is 36.4 Å². The summed E-state index contributed by atoms with van der Waals surface area (Å²) in [5.41, 5.74) is 1.66. The van der Waals surface area contributed by atoms with Crippen LogP contribution in [0, 0.1) is 0 Å². The zero-order valence-corrected chi connectivity index (χ0v) is 17.2. The number of carbonyl (C=O) groups is 1.